The van der Waals surface area contributed by atoms with E-state index in [0.29, 0.717) is 31.1 Å². The van der Waals surface area contributed by atoms with E-state index in [4.69, 9.17) is 7.85 Å². The van der Waals surface area contributed by atoms with Crippen molar-refractivity contribution in [2.75, 3.05) is 5.32 Å². The Morgan fingerprint density at radius 2 is 1.70 bits per heavy atom. The van der Waals surface area contributed by atoms with Crippen LogP contribution in [0.1, 0.15) is 39.5 Å². The van der Waals surface area contributed by atoms with Crippen LogP contribution in [0.4, 0.5) is 5.69 Å². The van der Waals surface area contributed by atoms with Gasteiger partial charge in [-0.2, -0.15) is 0 Å². The van der Waals surface area contributed by atoms with Gasteiger partial charge in [-0.15, -0.1) is 0 Å². The standard InChI is InChI=1S/C16H23BN2O3S/c1-11(2)23(21,22)19-15-7-3-12(4-8-15)16(20)18-14-9-5-13(17)6-10-14/h5-6,9-12,15,19H,3-4,7-8H2,1-2H3,(H,18,20). The molecule has 23 heavy (non-hydrogen) atoms. The first-order chi connectivity index (χ1) is 10.8. The Morgan fingerprint density at radius 1 is 1.13 bits per heavy atom. The molecule has 5 nitrogen and oxygen atoms in total. The van der Waals surface area contributed by atoms with E-state index in [2.05, 4.69) is 10.0 Å². The molecule has 124 valence electrons. The molecule has 1 aromatic rings. The fourth-order valence-electron chi connectivity index (χ4n) is 2.65. The molecule has 2 N–H and O–H groups in total. The third-order valence-electron chi connectivity index (χ3n) is 4.23. The van der Waals surface area contributed by atoms with Crippen molar-refractivity contribution < 1.29 is 13.2 Å². The van der Waals surface area contributed by atoms with Gasteiger partial charge in [0.1, 0.15) is 7.85 Å². The van der Waals surface area contributed by atoms with E-state index in [1.54, 1.807) is 38.1 Å². The molecule has 2 radical (unpaired) electrons. The van der Waals surface area contributed by atoms with Gasteiger partial charge < -0.3 is 5.32 Å². The van der Waals surface area contributed by atoms with Crippen molar-refractivity contribution in [2.45, 2.75) is 50.8 Å². The monoisotopic (exact) mass is 334 g/mol. The predicted octanol–water partition coefficient (Wildman–Crippen LogP) is 1.31. The van der Waals surface area contributed by atoms with E-state index in [0.717, 1.165) is 5.69 Å². The third-order valence-corrected chi connectivity index (χ3v) is 6.13. The first kappa shape index (κ1) is 18.0. The van der Waals surface area contributed by atoms with Crippen LogP contribution in [0, 0.1) is 5.92 Å². The van der Waals surface area contributed by atoms with Gasteiger partial charge >= 0.3 is 0 Å². The summed E-state index contributed by atoms with van der Waals surface area (Å²) >= 11 is 0. The SMILES string of the molecule is [B]c1ccc(NC(=O)C2CCC(NS(=O)(=O)C(C)C)CC2)cc1. The number of anilines is 1. The van der Waals surface area contributed by atoms with Crippen LogP contribution in [0.3, 0.4) is 0 Å². The summed E-state index contributed by atoms with van der Waals surface area (Å²) in [4.78, 5) is 12.3. The number of carbonyl (C=O) groups is 1. The molecule has 0 saturated heterocycles. The zero-order valence-electron chi connectivity index (χ0n) is 13.6. The lowest BCUT2D eigenvalue weighted by Gasteiger charge is -2.28. The van der Waals surface area contributed by atoms with Crippen molar-refractivity contribution in [3.05, 3.63) is 24.3 Å². The van der Waals surface area contributed by atoms with Gasteiger partial charge in [0.15, 0.2) is 0 Å². The Hall–Kier alpha value is -1.34. The Morgan fingerprint density at radius 3 is 2.22 bits per heavy atom. The molecule has 1 aliphatic rings. The normalized spacial score (nSPS) is 22.0. The molecular weight excluding hydrogens is 311 g/mol. The molecule has 0 spiro atoms. The van der Waals surface area contributed by atoms with Crippen LogP contribution in [-0.2, 0) is 14.8 Å². The predicted molar refractivity (Wildman–Crippen MR) is 93.4 cm³/mol. The average Bonchev–Trinajstić information content (AvgIpc) is 2.49. The van der Waals surface area contributed by atoms with Crippen LogP contribution < -0.4 is 15.5 Å². The number of nitrogens with one attached hydrogen (secondary N) is 2. The molecule has 0 atom stereocenters. The highest BCUT2D eigenvalue weighted by molar-refractivity contribution is 7.90. The Labute approximate surface area is 139 Å². The minimum Gasteiger partial charge on any atom is -0.326 e. The number of hydrogen-bond donors (Lipinski definition) is 2. The van der Waals surface area contributed by atoms with Crippen molar-refractivity contribution in [2.24, 2.45) is 5.92 Å². The molecule has 0 unspecified atom stereocenters. The topological polar surface area (TPSA) is 75.3 Å². The fraction of sp³-hybridized carbons (Fsp3) is 0.562. The maximum Gasteiger partial charge on any atom is 0.227 e. The molecule has 1 fully saturated rings. The summed E-state index contributed by atoms with van der Waals surface area (Å²) in [6, 6.07) is 6.97. The first-order valence-corrected chi connectivity index (χ1v) is 9.50. The number of amides is 1. The van der Waals surface area contributed by atoms with Crippen LogP contribution in [0.15, 0.2) is 24.3 Å². The maximum absolute atomic E-state index is 12.3. The number of benzene rings is 1. The van der Waals surface area contributed by atoms with Gasteiger partial charge in [-0.3, -0.25) is 4.79 Å². The summed E-state index contributed by atoms with van der Waals surface area (Å²) in [5.41, 5.74) is 1.38. The second-order valence-corrected chi connectivity index (χ2v) is 8.64. The number of hydrogen-bond acceptors (Lipinski definition) is 3. The van der Waals surface area contributed by atoms with Crippen molar-refractivity contribution in [1.29, 1.82) is 0 Å². The highest BCUT2D eigenvalue weighted by atomic mass is 32.2. The highest BCUT2D eigenvalue weighted by Crippen LogP contribution is 2.26. The van der Waals surface area contributed by atoms with E-state index in [-0.39, 0.29) is 17.9 Å². The van der Waals surface area contributed by atoms with Gasteiger partial charge in [-0.1, -0.05) is 17.6 Å². The van der Waals surface area contributed by atoms with E-state index >= 15 is 0 Å². The van der Waals surface area contributed by atoms with Crippen molar-refractivity contribution in [1.82, 2.24) is 4.72 Å². The van der Waals surface area contributed by atoms with Gasteiger partial charge in [-0.25, -0.2) is 13.1 Å². The molecule has 0 bridgehead atoms. The van der Waals surface area contributed by atoms with E-state index in [1.165, 1.54) is 0 Å². The molecule has 2 rings (SSSR count). The molecule has 1 saturated carbocycles. The quantitative estimate of drug-likeness (QED) is 0.797. The van der Waals surface area contributed by atoms with Gasteiger partial charge in [-0.05, 0) is 51.7 Å². The summed E-state index contributed by atoms with van der Waals surface area (Å²) in [5, 5.41) is 2.45. The van der Waals surface area contributed by atoms with Crippen molar-refractivity contribution in [3.8, 4) is 0 Å². The number of rotatable bonds is 5. The zero-order chi connectivity index (χ0) is 17.0. The average molecular weight is 334 g/mol. The lowest BCUT2D eigenvalue weighted by atomic mass is 9.86. The summed E-state index contributed by atoms with van der Waals surface area (Å²) in [5.74, 6) is -0.0905. The van der Waals surface area contributed by atoms with Crippen LogP contribution in [0.5, 0.6) is 0 Å². The smallest absolute Gasteiger partial charge is 0.227 e. The molecule has 0 heterocycles. The van der Waals surface area contributed by atoms with E-state index < -0.39 is 15.3 Å². The minimum absolute atomic E-state index is 0.0139. The molecule has 0 aromatic heterocycles. The van der Waals surface area contributed by atoms with Crippen LogP contribution in [0.25, 0.3) is 0 Å². The van der Waals surface area contributed by atoms with Gasteiger partial charge in [0.05, 0.1) is 5.25 Å². The Bertz CT molecular complexity index is 636. The van der Waals surface area contributed by atoms with E-state index in [9.17, 15) is 13.2 Å². The minimum atomic E-state index is -3.25. The van der Waals surface area contributed by atoms with E-state index in [1.807, 2.05) is 0 Å². The largest absolute Gasteiger partial charge is 0.326 e. The second kappa shape index (κ2) is 7.49. The molecule has 1 aromatic carbocycles. The lowest BCUT2D eigenvalue weighted by molar-refractivity contribution is -0.120. The number of sulfonamides is 1. The molecular formula is C16H23BN2O3S. The van der Waals surface area contributed by atoms with Crippen LogP contribution in [-0.4, -0.2) is 33.5 Å². The Balaban J connectivity index is 1.84. The van der Waals surface area contributed by atoms with Crippen molar-refractivity contribution >= 4 is 34.9 Å². The van der Waals surface area contributed by atoms with Crippen molar-refractivity contribution in [3.63, 3.8) is 0 Å². The van der Waals surface area contributed by atoms with Gasteiger partial charge in [0.25, 0.3) is 0 Å². The first-order valence-electron chi connectivity index (χ1n) is 7.95. The molecule has 7 heteroatoms. The zero-order valence-corrected chi connectivity index (χ0v) is 14.4. The van der Waals surface area contributed by atoms with Crippen LogP contribution >= 0.6 is 0 Å². The van der Waals surface area contributed by atoms with Gasteiger partial charge in [0.2, 0.25) is 15.9 Å². The summed E-state index contributed by atoms with van der Waals surface area (Å²) in [6.45, 7) is 3.32. The third kappa shape index (κ3) is 5.07. The lowest BCUT2D eigenvalue weighted by Crippen LogP contribution is -2.42. The summed E-state index contributed by atoms with van der Waals surface area (Å²) < 4.78 is 26.5. The molecule has 1 amide bonds. The molecule has 0 aliphatic heterocycles. The summed E-state index contributed by atoms with van der Waals surface area (Å²) in [7, 11) is 2.37. The second-order valence-electron chi connectivity index (χ2n) is 6.37. The number of carbonyl (C=O) groups excluding carboxylic acids is 1. The van der Waals surface area contributed by atoms with Gasteiger partial charge in [0, 0.05) is 17.6 Å². The highest BCUT2D eigenvalue weighted by Gasteiger charge is 2.29. The molecule has 1 aliphatic carbocycles. The summed E-state index contributed by atoms with van der Waals surface area (Å²) in [6.07, 6.45) is 2.75. The fourth-order valence-corrected chi connectivity index (χ4v) is 3.63. The van der Waals surface area contributed by atoms with Crippen LogP contribution in [0.2, 0.25) is 0 Å². The maximum atomic E-state index is 12.3. The Kier molecular flexibility index (Phi) is 5.86.